The van der Waals surface area contributed by atoms with Crippen LogP contribution in [0.2, 0.25) is 0 Å². The van der Waals surface area contributed by atoms with Crippen molar-refractivity contribution in [3.63, 3.8) is 0 Å². The molecule has 0 saturated heterocycles. The molecule has 0 aromatic heterocycles. The van der Waals surface area contributed by atoms with Crippen LogP contribution in [0, 0.1) is 0 Å². The van der Waals surface area contributed by atoms with E-state index in [1.54, 1.807) is 6.26 Å². The quantitative estimate of drug-likeness (QED) is 0.343. The van der Waals surface area contributed by atoms with E-state index in [1.165, 1.54) is 5.57 Å². The van der Waals surface area contributed by atoms with E-state index in [0.717, 1.165) is 25.3 Å². The van der Waals surface area contributed by atoms with Crippen molar-refractivity contribution >= 4 is 11.6 Å². The van der Waals surface area contributed by atoms with Crippen molar-refractivity contribution in [1.29, 1.82) is 0 Å². The van der Waals surface area contributed by atoms with Gasteiger partial charge >= 0.3 is 0 Å². The first-order chi connectivity index (χ1) is 4.77. The first-order valence-electron chi connectivity index (χ1n) is 3.58. The highest BCUT2D eigenvalue weighted by molar-refractivity contribution is 6.17. The highest BCUT2D eigenvalue weighted by atomic mass is 35.5. The molecule has 0 spiro atoms. The molecule has 0 unspecified atom stereocenters. The molecule has 0 heterocycles. The van der Waals surface area contributed by atoms with Gasteiger partial charge < -0.3 is 4.74 Å². The minimum atomic E-state index is 0.734. The van der Waals surface area contributed by atoms with E-state index in [1.807, 2.05) is 13.8 Å². The van der Waals surface area contributed by atoms with Gasteiger partial charge in [-0.2, -0.15) is 0 Å². The summed E-state index contributed by atoms with van der Waals surface area (Å²) in [7, 11) is 0. The lowest BCUT2D eigenvalue weighted by Crippen LogP contribution is -1.88. The standard InChI is InChI=1S/C8H15ClO/c1-8(2)7-10-6-4-3-5-9/h7H,3-6H2,1-2H3. The van der Waals surface area contributed by atoms with Crippen LogP contribution in [0.4, 0.5) is 0 Å². The molecule has 0 bridgehead atoms. The highest BCUT2D eigenvalue weighted by Crippen LogP contribution is 1.95. The average Bonchev–Trinajstić information content (AvgIpc) is 1.87. The molecule has 0 aliphatic heterocycles. The molecule has 60 valence electrons. The third kappa shape index (κ3) is 7.83. The second-order valence-electron chi connectivity index (χ2n) is 2.46. The Bertz CT molecular complexity index is 95.4. The Kier molecular flexibility index (Phi) is 6.83. The Morgan fingerprint density at radius 2 is 2.10 bits per heavy atom. The van der Waals surface area contributed by atoms with E-state index in [4.69, 9.17) is 16.3 Å². The van der Waals surface area contributed by atoms with Gasteiger partial charge in [0.25, 0.3) is 0 Å². The molecular formula is C8H15ClO. The number of rotatable bonds is 5. The monoisotopic (exact) mass is 162 g/mol. The van der Waals surface area contributed by atoms with Crippen molar-refractivity contribution in [3.05, 3.63) is 11.8 Å². The van der Waals surface area contributed by atoms with Gasteiger partial charge in [0.05, 0.1) is 12.9 Å². The van der Waals surface area contributed by atoms with Crippen molar-refractivity contribution in [1.82, 2.24) is 0 Å². The fourth-order valence-electron chi connectivity index (χ4n) is 0.505. The zero-order valence-electron chi connectivity index (χ0n) is 6.69. The molecule has 0 atom stereocenters. The molecule has 0 fully saturated rings. The topological polar surface area (TPSA) is 9.23 Å². The van der Waals surface area contributed by atoms with Crippen LogP contribution in [0.1, 0.15) is 26.7 Å². The lowest BCUT2D eigenvalue weighted by atomic mass is 10.3. The van der Waals surface area contributed by atoms with Crippen molar-refractivity contribution in [3.8, 4) is 0 Å². The number of alkyl halides is 1. The summed E-state index contributed by atoms with van der Waals surface area (Å²) in [5.74, 6) is 0.734. The average molecular weight is 163 g/mol. The van der Waals surface area contributed by atoms with Crippen molar-refractivity contribution in [2.24, 2.45) is 0 Å². The molecule has 0 aliphatic rings. The Morgan fingerprint density at radius 3 is 2.60 bits per heavy atom. The Morgan fingerprint density at radius 1 is 1.40 bits per heavy atom. The van der Waals surface area contributed by atoms with Crippen molar-refractivity contribution < 1.29 is 4.74 Å². The van der Waals surface area contributed by atoms with E-state index in [2.05, 4.69) is 0 Å². The summed E-state index contributed by atoms with van der Waals surface area (Å²) in [6.07, 6.45) is 3.87. The molecule has 0 aliphatic carbocycles. The summed E-state index contributed by atoms with van der Waals surface area (Å²) in [6.45, 7) is 4.82. The van der Waals surface area contributed by atoms with E-state index in [0.29, 0.717) is 0 Å². The normalized spacial score (nSPS) is 9.10. The van der Waals surface area contributed by atoms with Gasteiger partial charge in [0.15, 0.2) is 0 Å². The second kappa shape index (κ2) is 6.94. The molecule has 0 saturated carbocycles. The van der Waals surface area contributed by atoms with Crippen LogP contribution in [0.15, 0.2) is 11.8 Å². The third-order valence-electron chi connectivity index (χ3n) is 0.965. The third-order valence-corrected chi connectivity index (χ3v) is 1.23. The molecule has 0 amide bonds. The van der Waals surface area contributed by atoms with Gasteiger partial charge in [-0.05, 0) is 32.3 Å². The van der Waals surface area contributed by atoms with Crippen LogP contribution >= 0.6 is 11.6 Å². The first-order valence-corrected chi connectivity index (χ1v) is 4.11. The number of hydrogen-bond donors (Lipinski definition) is 0. The summed E-state index contributed by atoms with van der Waals surface area (Å²) in [4.78, 5) is 0. The second-order valence-corrected chi connectivity index (χ2v) is 2.84. The zero-order chi connectivity index (χ0) is 7.82. The predicted octanol–water partition coefficient (Wildman–Crippen LogP) is 2.95. The van der Waals surface area contributed by atoms with E-state index < -0.39 is 0 Å². The molecule has 0 aromatic carbocycles. The van der Waals surface area contributed by atoms with E-state index in [9.17, 15) is 0 Å². The molecule has 0 radical (unpaired) electrons. The summed E-state index contributed by atoms with van der Waals surface area (Å²) in [6, 6.07) is 0. The molecular weight excluding hydrogens is 148 g/mol. The van der Waals surface area contributed by atoms with Gasteiger partial charge in [0.1, 0.15) is 0 Å². The minimum Gasteiger partial charge on any atom is -0.501 e. The van der Waals surface area contributed by atoms with E-state index in [-0.39, 0.29) is 0 Å². The van der Waals surface area contributed by atoms with Crippen LogP contribution in [0.3, 0.4) is 0 Å². The van der Waals surface area contributed by atoms with Crippen molar-refractivity contribution in [2.45, 2.75) is 26.7 Å². The molecule has 0 rings (SSSR count). The number of ether oxygens (including phenoxy) is 1. The van der Waals surface area contributed by atoms with Gasteiger partial charge in [-0.1, -0.05) is 0 Å². The smallest absolute Gasteiger partial charge is 0.0873 e. The first kappa shape index (κ1) is 9.83. The summed E-state index contributed by atoms with van der Waals surface area (Å²) < 4.78 is 5.18. The Balaban J connectivity index is 2.98. The van der Waals surface area contributed by atoms with Gasteiger partial charge in [0, 0.05) is 5.88 Å². The van der Waals surface area contributed by atoms with Gasteiger partial charge in [-0.15, -0.1) is 11.6 Å². The molecule has 0 aromatic rings. The summed E-state index contributed by atoms with van der Waals surface area (Å²) in [5.41, 5.74) is 1.20. The van der Waals surface area contributed by atoms with Crippen LogP contribution in [-0.4, -0.2) is 12.5 Å². The Hall–Kier alpha value is -0.170. The number of halogens is 1. The zero-order valence-corrected chi connectivity index (χ0v) is 7.45. The van der Waals surface area contributed by atoms with E-state index >= 15 is 0 Å². The van der Waals surface area contributed by atoms with Gasteiger partial charge in [-0.3, -0.25) is 0 Å². The van der Waals surface area contributed by atoms with Gasteiger partial charge in [-0.25, -0.2) is 0 Å². The Labute approximate surface area is 68.0 Å². The maximum Gasteiger partial charge on any atom is 0.0873 e. The molecule has 1 nitrogen and oxygen atoms in total. The fraction of sp³-hybridized carbons (Fsp3) is 0.750. The largest absolute Gasteiger partial charge is 0.501 e. The molecule has 10 heavy (non-hydrogen) atoms. The predicted molar refractivity (Wildman–Crippen MR) is 45.3 cm³/mol. The van der Waals surface area contributed by atoms with Crippen LogP contribution < -0.4 is 0 Å². The lowest BCUT2D eigenvalue weighted by molar-refractivity contribution is 0.241. The SMILES string of the molecule is CC(C)=COCCCCCl. The van der Waals surface area contributed by atoms with Crippen LogP contribution in [0.25, 0.3) is 0 Å². The van der Waals surface area contributed by atoms with Crippen LogP contribution in [0.5, 0.6) is 0 Å². The van der Waals surface area contributed by atoms with Crippen LogP contribution in [-0.2, 0) is 4.74 Å². The van der Waals surface area contributed by atoms with Gasteiger partial charge in [0.2, 0.25) is 0 Å². The fourth-order valence-corrected chi connectivity index (χ4v) is 0.694. The molecule has 0 N–H and O–H groups in total. The highest BCUT2D eigenvalue weighted by Gasteiger charge is 1.84. The van der Waals surface area contributed by atoms with Crippen molar-refractivity contribution in [2.75, 3.05) is 12.5 Å². The number of hydrogen-bond acceptors (Lipinski definition) is 1. The summed E-state index contributed by atoms with van der Waals surface area (Å²) >= 11 is 5.47. The summed E-state index contributed by atoms with van der Waals surface area (Å²) in [5, 5.41) is 0. The lowest BCUT2D eigenvalue weighted by Gasteiger charge is -1.98. The minimum absolute atomic E-state index is 0.734. The number of allylic oxidation sites excluding steroid dienone is 1. The maximum atomic E-state index is 5.47. The maximum absolute atomic E-state index is 5.47. The molecule has 2 heteroatoms. The number of unbranched alkanes of at least 4 members (excludes halogenated alkanes) is 1.